The molecule has 1 saturated heterocycles. The van der Waals surface area contributed by atoms with Gasteiger partial charge in [0.1, 0.15) is 0 Å². The highest BCUT2D eigenvalue weighted by atomic mass is 16.2. The van der Waals surface area contributed by atoms with Crippen LogP contribution < -0.4 is 5.32 Å². The van der Waals surface area contributed by atoms with Crippen LogP contribution in [0.4, 0.5) is 4.79 Å². The maximum atomic E-state index is 11.0. The molecule has 0 aliphatic carbocycles. The first kappa shape index (κ1) is 7.78. The average molecular weight is 154 g/mol. The molecule has 0 radical (unpaired) electrons. The van der Waals surface area contributed by atoms with Crippen molar-refractivity contribution in [2.45, 2.75) is 6.92 Å². The van der Waals surface area contributed by atoms with Crippen molar-refractivity contribution >= 4 is 11.9 Å². The Morgan fingerprint density at radius 2 is 2.45 bits per heavy atom. The van der Waals surface area contributed by atoms with E-state index < -0.39 is 0 Å². The first-order valence-corrected chi connectivity index (χ1v) is 3.47. The van der Waals surface area contributed by atoms with Crippen LogP contribution in [0.5, 0.6) is 0 Å². The zero-order valence-corrected chi connectivity index (χ0v) is 6.33. The maximum Gasteiger partial charge on any atom is 0.324 e. The van der Waals surface area contributed by atoms with E-state index in [2.05, 4.69) is 5.32 Å². The van der Waals surface area contributed by atoms with Crippen LogP contribution >= 0.6 is 0 Å². The largest absolute Gasteiger partial charge is 0.336 e. The molecule has 0 bridgehead atoms. The minimum absolute atomic E-state index is 0.248. The molecule has 4 heteroatoms. The van der Waals surface area contributed by atoms with Gasteiger partial charge in [-0.25, -0.2) is 4.79 Å². The molecule has 0 spiro atoms. The highest BCUT2D eigenvalue weighted by Crippen LogP contribution is 1.97. The van der Waals surface area contributed by atoms with Crippen molar-refractivity contribution < 1.29 is 9.59 Å². The normalized spacial score (nSPS) is 17.5. The van der Waals surface area contributed by atoms with E-state index in [1.165, 1.54) is 11.0 Å². The summed E-state index contributed by atoms with van der Waals surface area (Å²) < 4.78 is 0. The molecule has 1 heterocycles. The number of hydrogen-bond donors (Lipinski definition) is 1. The summed E-state index contributed by atoms with van der Waals surface area (Å²) >= 11 is 0. The van der Waals surface area contributed by atoms with Crippen LogP contribution in [0, 0.1) is 0 Å². The van der Waals surface area contributed by atoms with Gasteiger partial charge in [0, 0.05) is 13.1 Å². The van der Waals surface area contributed by atoms with Crippen LogP contribution in [0.15, 0.2) is 12.2 Å². The lowest BCUT2D eigenvalue weighted by atomic mass is 10.4. The van der Waals surface area contributed by atoms with Gasteiger partial charge in [0.25, 0.3) is 5.91 Å². The topological polar surface area (TPSA) is 49.4 Å². The van der Waals surface area contributed by atoms with Crippen LogP contribution in [0.3, 0.4) is 0 Å². The third kappa shape index (κ3) is 1.58. The average Bonchev–Trinajstić information content (AvgIpc) is 2.36. The Morgan fingerprint density at radius 3 is 2.91 bits per heavy atom. The lowest BCUT2D eigenvalue weighted by Gasteiger charge is -2.07. The van der Waals surface area contributed by atoms with Crippen LogP contribution in [-0.4, -0.2) is 29.9 Å². The molecule has 0 aromatic carbocycles. The monoisotopic (exact) mass is 154 g/mol. The van der Waals surface area contributed by atoms with Gasteiger partial charge in [-0.05, 0) is 13.0 Å². The van der Waals surface area contributed by atoms with Crippen LogP contribution in [0.25, 0.3) is 0 Å². The number of rotatable bonds is 1. The summed E-state index contributed by atoms with van der Waals surface area (Å²) in [5.41, 5.74) is 0. The van der Waals surface area contributed by atoms with E-state index >= 15 is 0 Å². The third-order valence-electron chi connectivity index (χ3n) is 1.43. The van der Waals surface area contributed by atoms with E-state index in [0.717, 1.165) is 0 Å². The fraction of sp³-hybridized carbons (Fsp3) is 0.429. The predicted molar refractivity (Wildman–Crippen MR) is 39.9 cm³/mol. The van der Waals surface area contributed by atoms with Crippen molar-refractivity contribution in [2.24, 2.45) is 0 Å². The maximum absolute atomic E-state index is 11.0. The second kappa shape index (κ2) is 3.18. The van der Waals surface area contributed by atoms with Crippen molar-refractivity contribution in [1.29, 1.82) is 0 Å². The number of nitrogens with zero attached hydrogens (tertiary/aromatic N) is 1. The molecule has 3 amide bonds. The molecular weight excluding hydrogens is 144 g/mol. The zero-order chi connectivity index (χ0) is 8.27. The molecule has 0 atom stereocenters. The molecule has 1 fully saturated rings. The first-order valence-electron chi connectivity index (χ1n) is 3.47. The number of nitrogens with one attached hydrogen (secondary N) is 1. The Kier molecular flexibility index (Phi) is 2.25. The Balaban J connectivity index is 2.59. The van der Waals surface area contributed by atoms with Gasteiger partial charge in [0.15, 0.2) is 0 Å². The summed E-state index contributed by atoms with van der Waals surface area (Å²) in [6, 6.07) is -0.298. The van der Waals surface area contributed by atoms with Gasteiger partial charge < -0.3 is 5.32 Å². The van der Waals surface area contributed by atoms with E-state index in [1.54, 1.807) is 13.0 Å². The summed E-state index contributed by atoms with van der Waals surface area (Å²) in [5, 5.41) is 2.54. The fourth-order valence-electron chi connectivity index (χ4n) is 0.914. The second-order valence-electron chi connectivity index (χ2n) is 2.22. The Labute approximate surface area is 64.9 Å². The standard InChI is InChI=1S/C7H10N2O2/c1-2-3-6(10)9-5-4-8-7(9)11/h2-3H,4-5H2,1H3,(H,8,11). The van der Waals surface area contributed by atoms with Gasteiger partial charge in [0.2, 0.25) is 0 Å². The summed E-state index contributed by atoms with van der Waals surface area (Å²) in [6.07, 6.45) is 3.00. The number of amides is 3. The summed E-state index contributed by atoms with van der Waals surface area (Å²) in [7, 11) is 0. The van der Waals surface area contributed by atoms with Gasteiger partial charge >= 0.3 is 6.03 Å². The van der Waals surface area contributed by atoms with E-state index in [4.69, 9.17) is 0 Å². The molecular formula is C7H10N2O2. The minimum Gasteiger partial charge on any atom is -0.336 e. The van der Waals surface area contributed by atoms with Crippen molar-refractivity contribution in [1.82, 2.24) is 10.2 Å². The van der Waals surface area contributed by atoms with Crippen molar-refractivity contribution in [3.63, 3.8) is 0 Å². The molecule has 11 heavy (non-hydrogen) atoms. The molecule has 1 rings (SSSR count). The van der Waals surface area contributed by atoms with Crippen molar-refractivity contribution in [3.05, 3.63) is 12.2 Å². The molecule has 0 unspecified atom stereocenters. The number of carbonyl (C=O) groups excluding carboxylic acids is 2. The number of imide groups is 1. The van der Waals surface area contributed by atoms with E-state index in [0.29, 0.717) is 13.1 Å². The van der Waals surface area contributed by atoms with Gasteiger partial charge in [-0.1, -0.05) is 6.08 Å². The van der Waals surface area contributed by atoms with Gasteiger partial charge in [0.05, 0.1) is 0 Å². The quantitative estimate of drug-likeness (QED) is 0.545. The summed E-state index contributed by atoms with van der Waals surface area (Å²) in [6.45, 7) is 2.77. The molecule has 1 aliphatic rings. The molecule has 60 valence electrons. The predicted octanol–water partition coefficient (Wildman–Crippen LogP) is 0.114. The summed E-state index contributed by atoms with van der Waals surface area (Å²) in [5.74, 6) is -0.248. The van der Waals surface area contributed by atoms with Gasteiger partial charge in [-0.3, -0.25) is 9.69 Å². The lowest BCUT2D eigenvalue weighted by molar-refractivity contribution is -0.122. The van der Waals surface area contributed by atoms with E-state index in [9.17, 15) is 9.59 Å². The van der Waals surface area contributed by atoms with Crippen LogP contribution in [0.2, 0.25) is 0 Å². The molecule has 0 saturated carbocycles. The van der Waals surface area contributed by atoms with Gasteiger partial charge in [-0.15, -0.1) is 0 Å². The minimum atomic E-state index is -0.298. The van der Waals surface area contributed by atoms with Crippen LogP contribution in [0.1, 0.15) is 6.92 Å². The molecule has 1 aliphatic heterocycles. The molecule has 1 N–H and O–H groups in total. The number of hydrogen-bond acceptors (Lipinski definition) is 2. The SMILES string of the molecule is CC=CC(=O)N1CCNC1=O. The second-order valence-corrected chi connectivity index (χ2v) is 2.22. The first-order chi connectivity index (χ1) is 5.25. The Bertz CT molecular complexity index is 210. The van der Waals surface area contributed by atoms with Crippen molar-refractivity contribution in [3.8, 4) is 0 Å². The van der Waals surface area contributed by atoms with Gasteiger partial charge in [-0.2, -0.15) is 0 Å². The third-order valence-corrected chi connectivity index (χ3v) is 1.43. The Morgan fingerprint density at radius 1 is 1.73 bits per heavy atom. The van der Waals surface area contributed by atoms with Crippen molar-refractivity contribution in [2.75, 3.05) is 13.1 Å². The molecule has 0 aromatic heterocycles. The zero-order valence-electron chi connectivity index (χ0n) is 6.33. The molecule has 0 aromatic rings. The summed E-state index contributed by atoms with van der Waals surface area (Å²) in [4.78, 5) is 23.1. The number of allylic oxidation sites excluding steroid dienone is 1. The fourth-order valence-corrected chi connectivity index (χ4v) is 0.914. The number of urea groups is 1. The van der Waals surface area contributed by atoms with E-state index in [1.807, 2.05) is 0 Å². The highest BCUT2D eigenvalue weighted by molar-refractivity contribution is 6.01. The van der Waals surface area contributed by atoms with Crippen LogP contribution in [-0.2, 0) is 4.79 Å². The number of carbonyl (C=O) groups is 2. The lowest BCUT2D eigenvalue weighted by Crippen LogP contribution is -2.32. The Hall–Kier alpha value is -1.32. The highest BCUT2D eigenvalue weighted by Gasteiger charge is 2.23. The smallest absolute Gasteiger partial charge is 0.324 e. The molecule has 4 nitrogen and oxygen atoms in total. The van der Waals surface area contributed by atoms with E-state index in [-0.39, 0.29) is 11.9 Å².